The van der Waals surface area contributed by atoms with Gasteiger partial charge in [-0.2, -0.15) is 0 Å². The fraction of sp³-hybridized carbons (Fsp3) is 0.417. The molecule has 0 aliphatic carbocycles. The van der Waals surface area contributed by atoms with Gasteiger partial charge in [-0.3, -0.25) is 4.79 Å². The summed E-state index contributed by atoms with van der Waals surface area (Å²) in [5, 5.41) is 2.97. The minimum Gasteiger partial charge on any atom is -0.381 e. The van der Waals surface area contributed by atoms with Gasteiger partial charge in [0.15, 0.2) is 0 Å². The third-order valence-corrected chi connectivity index (χ3v) is 2.83. The molecule has 2 atom stereocenters. The normalized spacial score (nSPS) is 14.1. The third-order valence-electron chi connectivity index (χ3n) is 2.49. The molecule has 4 nitrogen and oxygen atoms in total. The number of nitrogens with two attached hydrogens (primary N) is 2. The Bertz CT molecular complexity index is 367. The summed E-state index contributed by atoms with van der Waals surface area (Å²) in [6, 6.07) is 7.50. The topological polar surface area (TPSA) is 81.1 Å². The lowest BCUT2D eigenvalue weighted by atomic mass is 10.1. The summed E-state index contributed by atoms with van der Waals surface area (Å²) in [6.07, 6.45) is 0.509. The highest BCUT2D eigenvalue weighted by Gasteiger charge is 2.09. The van der Waals surface area contributed by atoms with Crippen LogP contribution in [-0.2, 0) is 11.2 Å². The van der Waals surface area contributed by atoms with E-state index >= 15 is 0 Å². The number of benzene rings is 1. The van der Waals surface area contributed by atoms with E-state index in [-0.39, 0.29) is 11.2 Å². The molecule has 0 bridgehead atoms. The second-order valence-corrected chi connectivity index (χ2v) is 4.57. The van der Waals surface area contributed by atoms with Gasteiger partial charge in [0.2, 0.25) is 5.12 Å². The quantitative estimate of drug-likeness (QED) is 0.565. The Kier molecular flexibility index (Phi) is 5.47. The molecule has 0 spiro atoms. The van der Waals surface area contributed by atoms with Crippen LogP contribution in [0.4, 0.5) is 5.69 Å². The Morgan fingerprint density at radius 2 is 2.00 bits per heavy atom. The summed E-state index contributed by atoms with van der Waals surface area (Å²) in [5.41, 5.74) is 13.2. The van der Waals surface area contributed by atoms with E-state index in [0.29, 0.717) is 13.0 Å². The van der Waals surface area contributed by atoms with Crippen molar-refractivity contribution in [2.45, 2.75) is 25.4 Å². The van der Waals surface area contributed by atoms with Gasteiger partial charge < -0.3 is 16.8 Å². The van der Waals surface area contributed by atoms with Gasteiger partial charge in [-0.05, 0) is 31.0 Å². The predicted molar refractivity (Wildman–Crippen MR) is 74.3 cm³/mol. The van der Waals surface area contributed by atoms with Crippen LogP contribution in [0, 0.1) is 0 Å². The van der Waals surface area contributed by atoms with E-state index in [4.69, 9.17) is 11.5 Å². The Hall–Kier alpha value is -1.04. The number of hydrogen-bond donors (Lipinski definition) is 4. The minimum atomic E-state index is -0.542. The first-order chi connectivity index (χ1) is 8.02. The number of carbonyl (C=O) groups excluding carboxylic acids is 1. The monoisotopic (exact) mass is 253 g/mol. The molecule has 1 aromatic rings. The second-order valence-electron chi connectivity index (χ2n) is 4.13. The molecule has 1 unspecified atom stereocenters. The average molecular weight is 253 g/mol. The summed E-state index contributed by atoms with van der Waals surface area (Å²) >= 11 is 3.71. The zero-order valence-corrected chi connectivity index (χ0v) is 10.8. The highest BCUT2D eigenvalue weighted by Crippen LogP contribution is 2.12. The maximum atomic E-state index is 10.9. The molecule has 0 aliphatic heterocycles. The standard InChI is InChI=1S/C12H19N3OS/c1-8(7-13)15-10-4-2-9(3-5-10)6-11(14)12(16)17/h2-5,8,11,15H,6-7,13-14H2,1H3,(H,16,17)/t8?,11-/m0/s1. The molecule has 0 fully saturated rings. The van der Waals surface area contributed by atoms with Crippen molar-refractivity contribution in [3.05, 3.63) is 29.8 Å². The van der Waals surface area contributed by atoms with E-state index in [1.807, 2.05) is 31.2 Å². The molecule has 0 amide bonds. The lowest BCUT2D eigenvalue weighted by molar-refractivity contribution is -0.111. The van der Waals surface area contributed by atoms with Crippen LogP contribution in [0.5, 0.6) is 0 Å². The van der Waals surface area contributed by atoms with Crippen LogP contribution < -0.4 is 16.8 Å². The van der Waals surface area contributed by atoms with Gasteiger partial charge in [-0.1, -0.05) is 12.1 Å². The van der Waals surface area contributed by atoms with E-state index in [0.717, 1.165) is 11.3 Å². The third kappa shape index (κ3) is 4.77. The molecular formula is C12H19N3OS. The Morgan fingerprint density at radius 1 is 1.41 bits per heavy atom. The van der Waals surface area contributed by atoms with Crippen molar-refractivity contribution >= 4 is 23.4 Å². The minimum absolute atomic E-state index is 0.238. The highest BCUT2D eigenvalue weighted by atomic mass is 32.1. The highest BCUT2D eigenvalue weighted by molar-refractivity contribution is 7.96. The molecule has 0 heterocycles. The summed E-state index contributed by atoms with van der Waals surface area (Å²) in [6.45, 7) is 2.60. The predicted octanol–water partition coefficient (Wildman–Crippen LogP) is 0.772. The first kappa shape index (κ1) is 14.0. The maximum Gasteiger partial charge on any atom is 0.202 e. The molecule has 0 radical (unpaired) electrons. The van der Waals surface area contributed by atoms with Crippen LogP contribution in [0.1, 0.15) is 12.5 Å². The van der Waals surface area contributed by atoms with Crippen molar-refractivity contribution in [3.63, 3.8) is 0 Å². The van der Waals surface area contributed by atoms with E-state index in [1.54, 1.807) is 0 Å². The molecule has 1 aromatic carbocycles. The van der Waals surface area contributed by atoms with Crippen LogP contribution in [0.25, 0.3) is 0 Å². The van der Waals surface area contributed by atoms with Crippen molar-refractivity contribution in [3.8, 4) is 0 Å². The van der Waals surface area contributed by atoms with Crippen molar-refractivity contribution in [2.24, 2.45) is 11.5 Å². The summed E-state index contributed by atoms with van der Waals surface area (Å²) in [4.78, 5) is 10.9. The summed E-state index contributed by atoms with van der Waals surface area (Å²) in [7, 11) is 0. The maximum absolute atomic E-state index is 10.9. The largest absolute Gasteiger partial charge is 0.381 e. The molecule has 0 saturated carbocycles. The number of thiol groups is 1. The Morgan fingerprint density at radius 3 is 2.47 bits per heavy atom. The van der Waals surface area contributed by atoms with Crippen molar-refractivity contribution in [2.75, 3.05) is 11.9 Å². The smallest absolute Gasteiger partial charge is 0.202 e. The molecule has 17 heavy (non-hydrogen) atoms. The van der Waals surface area contributed by atoms with E-state index in [9.17, 15) is 4.79 Å². The number of anilines is 1. The first-order valence-electron chi connectivity index (χ1n) is 5.57. The molecular weight excluding hydrogens is 234 g/mol. The zero-order valence-electron chi connectivity index (χ0n) is 9.89. The van der Waals surface area contributed by atoms with Gasteiger partial charge in [0.05, 0.1) is 6.04 Å². The first-order valence-corrected chi connectivity index (χ1v) is 6.01. The van der Waals surface area contributed by atoms with E-state index in [1.165, 1.54) is 0 Å². The summed E-state index contributed by atoms with van der Waals surface area (Å²) in [5.74, 6) is 0. The fourth-order valence-electron chi connectivity index (χ4n) is 1.42. The van der Waals surface area contributed by atoms with E-state index < -0.39 is 6.04 Å². The second kappa shape index (κ2) is 6.64. The zero-order chi connectivity index (χ0) is 12.8. The van der Waals surface area contributed by atoms with E-state index in [2.05, 4.69) is 17.9 Å². The van der Waals surface area contributed by atoms with Crippen LogP contribution in [0.2, 0.25) is 0 Å². The van der Waals surface area contributed by atoms with Gasteiger partial charge in [-0.25, -0.2) is 0 Å². The van der Waals surface area contributed by atoms with Crippen LogP contribution in [-0.4, -0.2) is 23.7 Å². The number of carbonyl (C=O) groups is 1. The lowest BCUT2D eigenvalue weighted by Crippen LogP contribution is -2.29. The average Bonchev–Trinajstić information content (AvgIpc) is 2.31. The van der Waals surface area contributed by atoms with Gasteiger partial charge in [0, 0.05) is 18.3 Å². The molecule has 94 valence electrons. The molecule has 0 aromatic heterocycles. The summed E-state index contributed by atoms with van der Waals surface area (Å²) < 4.78 is 0. The van der Waals surface area contributed by atoms with Crippen LogP contribution >= 0.6 is 12.6 Å². The number of nitrogens with one attached hydrogen (secondary N) is 1. The number of hydrogen-bond acceptors (Lipinski definition) is 4. The molecule has 5 heteroatoms. The van der Waals surface area contributed by atoms with Crippen molar-refractivity contribution in [1.82, 2.24) is 0 Å². The molecule has 0 aliphatic rings. The van der Waals surface area contributed by atoms with Crippen molar-refractivity contribution < 1.29 is 4.79 Å². The van der Waals surface area contributed by atoms with Gasteiger partial charge >= 0.3 is 0 Å². The van der Waals surface area contributed by atoms with Crippen LogP contribution in [0.15, 0.2) is 24.3 Å². The van der Waals surface area contributed by atoms with Gasteiger partial charge in [-0.15, -0.1) is 12.6 Å². The molecule has 1 rings (SSSR count). The van der Waals surface area contributed by atoms with Crippen molar-refractivity contribution in [1.29, 1.82) is 0 Å². The molecule has 0 saturated heterocycles. The Labute approximate surface area is 107 Å². The van der Waals surface area contributed by atoms with Gasteiger partial charge in [0.1, 0.15) is 0 Å². The van der Waals surface area contributed by atoms with Crippen LogP contribution in [0.3, 0.4) is 0 Å². The van der Waals surface area contributed by atoms with Gasteiger partial charge in [0.25, 0.3) is 0 Å². The SMILES string of the molecule is CC(CN)Nc1ccc(C[C@H](N)C(=O)S)cc1. The Balaban J connectivity index is 2.58. The molecule has 5 N–H and O–H groups in total. The fourth-order valence-corrected chi connectivity index (χ4v) is 1.51. The number of rotatable bonds is 6. The lowest BCUT2D eigenvalue weighted by Gasteiger charge is -2.13.